The summed E-state index contributed by atoms with van der Waals surface area (Å²) >= 11 is 6.40. The van der Waals surface area contributed by atoms with Crippen molar-refractivity contribution in [3.8, 4) is 23.0 Å². The lowest BCUT2D eigenvalue weighted by molar-refractivity contribution is 0.107. The number of H-pyrrole nitrogens is 1. The van der Waals surface area contributed by atoms with E-state index in [-0.39, 0.29) is 45.0 Å². The molecule has 13 heteroatoms. The van der Waals surface area contributed by atoms with E-state index in [1.807, 2.05) is 0 Å². The lowest BCUT2D eigenvalue weighted by Gasteiger charge is -2.49. The highest BCUT2D eigenvalue weighted by Gasteiger charge is 2.41. The van der Waals surface area contributed by atoms with Crippen molar-refractivity contribution in [3.63, 3.8) is 0 Å². The molecule has 7 rings (SSSR count). The summed E-state index contributed by atoms with van der Waals surface area (Å²) in [6, 6.07) is 1.81. The number of pyridine rings is 1. The lowest BCUT2D eigenvalue weighted by atomic mass is 9.64. The van der Waals surface area contributed by atoms with Crippen LogP contribution in [-0.4, -0.2) is 80.6 Å². The number of aromatic nitrogens is 5. The van der Waals surface area contributed by atoms with E-state index in [1.165, 1.54) is 44.1 Å². The molecule has 1 spiro atoms. The average Bonchev–Trinajstić information content (AvgIpc) is 3.60. The Hall–Kier alpha value is -3.77. The Labute approximate surface area is 246 Å². The second-order valence-electron chi connectivity index (χ2n) is 11.7. The van der Waals surface area contributed by atoms with E-state index in [0.717, 1.165) is 38.9 Å². The van der Waals surface area contributed by atoms with Crippen LogP contribution < -0.4 is 14.4 Å². The highest BCUT2D eigenvalue weighted by Crippen LogP contribution is 2.49. The molecule has 42 heavy (non-hydrogen) atoms. The van der Waals surface area contributed by atoms with Gasteiger partial charge in [-0.3, -0.25) is 10.1 Å². The molecule has 1 unspecified atom stereocenters. The first kappa shape index (κ1) is 27.1. The van der Waals surface area contributed by atoms with Gasteiger partial charge in [-0.05, 0) is 63.6 Å². The van der Waals surface area contributed by atoms with E-state index in [1.54, 1.807) is 0 Å². The number of fused-ring (bicyclic) bond motifs is 2. The number of carboxylic acid groups (broad SMARTS) is 1. The molecule has 0 radical (unpaired) electrons. The number of likely N-dealkylation sites (tertiary alicyclic amines) is 1. The molecular formula is C29H31ClFN7O4. The summed E-state index contributed by atoms with van der Waals surface area (Å²) in [6.45, 7) is 3.03. The van der Waals surface area contributed by atoms with Crippen molar-refractivity contribution in [2.24, 2.45) is 5.41 Å². The molecule has 1 saturated carbocycles. The topological polar surface area (TPSA) is 130 Å². The van der Waals surface area contributed by atoms with Gasteiger partial charge in [-0.2, -0.15) is 15.1 Å². The van der Waals surface area contributed by atoms with Gasteiger partial charge in [-0.1, -0.05) is 18.0 Å². The molecule has 220 valence electrons. The van der Waals surface area contributed by atoms with Gasteiger partial charge in [-0.15, -0.1) is 0 Å². The molecule has 1 aliphatic carbocycles. The monoisotopic (exact) mass is 595 g/mol. The number of ether oxygens (including phenoxy) is 2. The molecule has 1 atom stereocenters. The van der Waals surface area contributed by atoms with Crippen molar-refractivity contribution >= 4 is 45.4 Å². The standard InChI is InChI=1S/C29H31ClFN7O4/c1-37-9-2-5-16(37)14-41-27-34-23-18(26(35-27)38-10-4-8-29(15-38)6-3-7-29)12-32-24(22(23)31)21-17-13-33-36-20(17)11-19(30)25(21)42-28(39)40/h11-13,16H,2-10,14-15H2,1H3,(H,33,36)(H,39,40). The summed E-state index contributed by atoms with van der Waals surface area (Å²) in [4.78, 5) is 29.9. The van der Waals surface area contributed by atoms with Crippen molar-refractivity contribution in [2.45, 2.75) is 51.0 Å². The number of carbonyl (C=O) groups is 1. The van der Waals surface area contributed by atoms with Crippen LogP contribution in [-0.2, 0) is 0 Å². The van der Waals surface area contributed by atoms with Crippen LogP contribution in [0.4, 0.5) is 15.0 Å². The Morgan fingerprint density at radius 1 is 1.19 bits per heavy atom. The van der Waals surface area contributed by atoms with E-state index in [4.69, 9.17) is 26.1 Å². The molecule has 0 bridgehead atoms. The number of likely N-dealkylation sites (N-methyl/N-ethyl adjacent to an activating group) is 1. The minimum atomic E-state index is -1.59. The van der Waals surface area contributed by atoms with Gasteiger partial charge in [0.25, 0.3) is 0 Å². The number of piperidine rings is 1. The SMILES string of the molecule is CN1CCCC1COc1nc(N2CCCC3(CCC3)C2)c2cnc(-c3c(OC(=O)O)c(Cl)cc4[nH]ncc34)c(F)c2n1. The number of anilines is 1. The molecule has 4 aromatic rings. The number of benzene rings is 1. The Balaban J connectivity index is 1.38. The molecule has 0 amide bonds. The first-order chi connectivity index (χ1) is 20.3. The Morgan fingerprint density at radius 2 is 2.02 bits per heavy atom. The predicted octanol–water partition coefficient (Wildman–Crippen LogP) is 5.66. The zero-order valence-electron chi connectivity index (χ0n) is 23.2. The number of hydrogen-bond donors (Lipinski definition) is 2. The number of hydrogen-bond acceptors (Lipinski definition) is 9. The fourth-order valence-corrected chi connectivity index (χ4v) is 7.04. The summed E-state index contributed by atoms with van der Waals surface area (Å²) in [5.74, 6) is -0.392. The number of halogens is 2. The van der Waals surface area contributed by atoms with Crippen molar-refractivity contribution in [2.75, 3.05) is 38.2 Å². The third kappa shape index (κ3) is 4.66. The Kier molecular flexibility index (Phi) is 6.77. The zero-order chi connectivity index (χ0) is 29.0. The van der Waals surface area contributed by atoms with Gasteiger partial charge in [0.1, 0.15) is 23.6 Å². The van der Waals surface area contributed by atoms with Gasteiger partial charge >= 0.3 is 12.2 Å². The normalized spacial score (nSPS) is 20.4. The number of nitrogens with zero attached hydrogens (tertiary/aromatic N) is 6. The van der Waals surface area contributed by atoms with Crippen LogP contribution in [0.15, 0.2) is 18.5 Å². The fourth-order valence-electron chi connectivity index (χ4n) is 6.80. The van der Waals surface area contributed by atoms with E-state index in [9.17, 15) is 9.90 Å². The molecule has 3 fully saturated rings. The highest BCUT2D eigenvalue weighted by atomic mass is 35.5. The lowest BCUT2D eigenvalue weighted by Crippen LogP contribution is -2.47. The smallest absolute Gasteiger partial charge is 0.462 e. The largest absolute Gasteiger partial charge is 0.511 e. The second-order valence-corrected chi connectivity index (χ2v) is 12.1. The minimum Gasteiger partial charge on any atom is -0.462 e. The third-order valence-electron chi connectivity index (χ3n) is 9.17. The highest BCUT2D eigenvalue weighted by molar-refractivity contribution is 6.34. The van der Waals surface area contributed by atoms with Crippen LogP contribution >= 0.6 is 11.6 Å². The van der Waals surface area contributed by atoms with Crippen LogP contribution in [0.1, 0.15) is 44.9 Å². The van der Waals surface area contributed by atoms with Crippen LogP contribution in [0.3, 0.4) is 0 Å². The molecule has 5 heterocycles. The maximum absolute atomic E-state index is 16.7. The summed E-state index contributed by atoms with van der Waals surface area (Å²) in [7, 11) is 2.06. The molecule has 2 saturated heterocycles. The van der Waals surface area contributed by atoms with E-state index >= 15 is 4.39 Å². The van der Waals surface area contributed by atoms with Crippen molar-refractivity contribution in [3.05, 3.63) is 29.3 Å². The average molecular weight is 596 g/mol. The molecule has 3 aliphatic rings. The Bertz CT molecular complexity index is 1690. The van der Waals surface area contributed by atoms with E-state index in [0.29, 0.717) is 28.7 Å². The van der Waals surface area contributed by atoms with Crippen LogP contribution in [0.5, 0.6) is 11.8 Å². The molecule has 11 nitrogen and oxygen atoms in total. The molecule has 3 aromatic heterocycles. The molecule has 2 N–H and O–H groups in total. The van der Waals surface area contributed by atoms with Crippen molar-refractivity contribution in [1.29, 1.82) is 0 Å². The molecule has 2 aliphatic heterocycles. The minimum absolute atomic E-state index is 0.0300. The molecule has 1 aromatic carbocycles. The van der Waals surface area contributed by atoms with Crippen LogP contribution in [0.25, 0.3) is 33.1 Å². The summed E-state index contributed by atoms with van der Waals surface area (Å²) < 4.78 is 27.8. The second kappa shape index (κ2) is 10.5. The van der Waals surface area contributed by atoms with Gasteiger partial charge < -0.3 is 24.4 Å². The summed E-state index contributed by atoms with van der Waals surface area (Å²) in [5, 5.41) is 17.1. The number of nitrogens with one attached hydrogen (secondary N) is 1. The fraction of sp³-hybridized carbons (Fsp3) is 0.483. The van der Waals surface area contributed by atoms with Crippen LogP contribution in [0, 0.1) is 11.2 Å². The van der Waals surface area contributed by atoms with Crippen LogP contribution in [0.2, 0.25) is 5.02 Å². The summed E-state index contributed by atoms with van der Waals surface area (Å²) in [5.41, 5.74) is 0.681. The zero-order valence-corrected chi connectivity index (χ0v) is 24.0. The predicted molar refractivity (Wildman–Crippen MR) is 155 cm³/mol. The van der Waals surface area contributed by atoms with Crippen molar-refractivity contribution in [1.82, 2.24) is 30.0 Å². The van der Waals surface area contributed by atoms with Gasteiger partial charge in [0.05, 0.1) is 27.7 Å². The van der Waals surface area contributed by atoms with Gasteiger partial charge in [0.2, 0.25) is 0 Å². The summed E-state index contributed by atoms with van der Waals surface area (Å²) in [6.07, 6.45) is 9.31. The maximum atomic E-state index is 16.7. The first-order valence-electron chi connectivity index (χ1n) is 14.3. The van der Waals surface area contributed by atoms with Gasteiger partial charge in [0.15, 0.2) is 11.6 Å². The van der Waals surface area contributed by atoms with Gasteiger partial charge in [-0.25, -0.2) is 9.18 Å². The maximum Gasteiger partial charge on any atom is 0.511 e. The van der Waals surface area contributed by atoms with Crippen molar-refractivity contribution < 1.29 is 23.8 Å². The third-order valence-corrected chi connectivity index (χ3v) is 9.46. The molecular weight excluding hydrogens is 565 g/mol. The number of aromatic amines is 1. The Morgan fingerprint density at radius 3 is 2.76 bits per heavy atom. The van der Waals surface area contributed by atoms with E-state index in [2.05, 4.69) is 37.0 Å². The first-order valence-corrected chi connectivity index (χ1v) is 14.7. The van der Waals surface area contributed by atoms with Gasteiger partial charge in [0, 0.05) is 30.7 Å². The quantitative estimate of drug-likeness (QED) is 0.213. The number of rotatable bonds is 6. The van der Waals surface area contributed by atoms with E-state index < -0.39 is 12.0 Å².